The van der Waals surface area contributed by atoms with E-state index in [0.717, 1.165) is 12.8 Å². The van der Waals surface area contributed by atoms with Gasteiger partial charge in [-0.3, -0.25) is 4.79 Å². The molecule has 1 aliphatic carbocycles. The summed E-state index contributed by atoms with van der Waals surface area (Å²) in [6.45, 7) is 0. The third-order valence-electron chi connectivity index (χ3n) is 5.15. The standard InChI is InChI=1S/C21H20ClN3O4/c1-28-20(27)21(9-2-3-10-21)23-19(26)16-13-17(18-8-5-11-29-18)25(24-16)15-7-4-6-14(22)12-15/h4-8,11-13H,2-3,9-10H2,1H3,(H,23,26). The van der Waals surface area contributed by atoms with Crippen LogP contribution in [0.2, 0.25) is 5.02 Å². The van der Waals surface area contributed by atoms with Crippen LogP contribution in [0.3, 0.4) is 0 Å². The van der Waals surface area contributed by atoms with Crippen LogP contribution < -0.4 is 5.32 Å². The number of esters is 1. The molecule has 1 aromatic carbocycles. The van der Waals surface area contributed by atoms with Crippen LogP contribution in [0.5, 0.6) is 0 Å². The van der Waals surface area contributed by atoms with Crippen molar-refractivity contribution in [3.05, 3.63) is 59.4 Å². The number of carbonyl (C=O) groups is 2. The average molecular weight is 414 g/mol. The number of furan rings is 1. The van der Waals surface area contributed by atoms with E-state index >= 15 is 0 Å². The lowest BCUT2D eigenvalue weighted by atomic mass is 9.97. The molecule has 29 heavy (non-hydrogen) atoms. The van der Waals surface area contributed by atoms with Crippen molar-refractivity contribution in [2.24, 2.45) is 0 Å². The first-order valence-electron chi connectivity index (χ1n) is 9.33. The van der Waals surface area contributed by atoms with Gasteiger partial charge >= 0.3 is 5.97 Å². The van der Waals surface area contributed by atoms with Crippen molar-refractivity contribution in [3.63, 3.8) is 0 Å². The summed E-state index contributed by atoms with van der Waals surface area (Å²) in [5, 5.41) is 7.88. The molecule has 4 rings (SSSR count). The van der Waals surface area contributed by atoms with Crippen LogP contribution in [0.15, 0.2) is 53.1 Å². The predicted molar refractivity (Wildman–Crippen MR) is 107 cm³/mol. The number of halogens is 1. The average Bonchev–Trinajstić information content (AvgIpc) is 3.47. The second-order valence-corrected chi connectivity index (χ2v) is 7.46. The molecule has 1 aliphatic rings. The van der Waals surface area contributed by atoms with Gasteiger partial charge in [-0.05, 0) is 43.2 Å². The molecule has 0 radical (unpaired) electrons. The molecular weight excluding hydrogens is 394 g/mol. The molecule has 1 amide bonds. The van der Waals surface area contributed by atoms with E-state index in [1.54, 1.807) is 47.3 Å². The summed E-state index contributed by atoms with van der Waals surface area (Å²) in [5.74, 6) is -0.310. The third kappa shape index (κ3) is 3.65. The minimum Gasteiger partial charge on any atom is -0.467 e. The van der Waals surface area contributed by atoms with E-state index in [4.69, 9.17) is 20.8 Å². The normalized spacial score (nSPS) is 15.2. The Bertz CT molecular complexity index is 1040. The second-order valence-electron chi connectivity index (χ2n) is 7.02. The summed E-state index contributed by atoms with van der Waals surface area (Å²) in [7, 11) is 1.33. The molecule has 150 valence electrons. The first-order chi connectivity index (χ1) is 14.0. The van der Waals surface area contributed by atoms with Gasteiger partial charge in [0.1, 0.15) is 11.2 Å². The number of ether oxygens (including phenoxy) is 1. The molecule has 3 aromatic rings. The lowest BCUT2D eigenvalue weighted by Crippen LogP contribution is -2.53. The number of amides is 1. The van der Waals surface area contributed by atoms with Gasteiger partial charge in [-0.15, -0.1) is 0 Å². The molecule has 2 aromatic heterocycles. The zero-order valence-electron chi connectivity index (χ0n) is 15.9. The van der Waals surface area contributed by atoms with E-state index in [-0.39, 0.29) is 5.69 Å². The Morgan fingerprint density at radius 2 is 2.00 bits per heavy atom. The highest BCUT2D eigenvalue weighted by Crippen LogP contribution is 2.32. The van der Waals surface area contributed by atoms with E-state index in [9.17, 15) is 9.59 Å². The van der Waals surface area contributed by atoms with Gasteiger partial charge in [0.2, 0.25) is 0 Å². The van der Waals surface area contributed by atoms with E-state index in [1.807, 2.05) is 6.07 Å². The number of hydrogen-bond donors (Lipinski definition) is 1. The Morgan fingerprint density at radius 3 is 2.66 bits per heavy atom. The van der Waals surface area contributed by atoms with Crippen molar-refractivity contribution >= 4 is 23.5 Å². The summed E-state index contributed by atoms with van der Waals surface area (Å²) in [5.41, 5.74) is 0.454. The zero-order valence-corrected chi connectivity index (χ0v) is 16.6. The van der Waals surface area contributed by atoms with Gasteiger partial charge in [-0.2, -0.15) is 5.10 Å². The topological polar surface area (TPSA) is 86.4 Å². The highest BCUT2D eigenvalue weighted by Gasteiger charge is 2.44. The van der Waals surface area contributed by atoms with E-state index in [1.165, 1.54) is 7.11 Å². The van der Waals surface area contributed by atoms with Crippen molar-refractivity contribution in [2.45, 2.75) is 31.2 Å². The molecule has 0 saturated heterocycles. The maximum Gasteiger partial charge on any atom is 0.331 e. The molecule has 7 nitrogen and oxygen atoms in total. The molecule has 8 heteroatoms. The molecule has 0 bridgehead atoms. The fraction of sp³-hybridized carbons (Fsp3) is 0.286. The van der Waals surface area contributed by atoms with Crippen molar-refractivity contribution in [1.82, 2.24) is 15.1 Å². The number of hydrogen-bond acceptors (Lipinski definition) is 5. The van der Waals surface area contributed by atoms with E-state index < -0.39 is 17.4 Å². The lowest BCUT2D eigenvalue weighted by molar-refractivity contribution is -0.148. The van der Waals surface area contributed by atoms with Crippen LogP contribution >= 0.6 is 11.6 Å². The van der Waals surface area contributed by atoms with Gasteiger partial charge in [-0.25, -0.2) is 9.48 Å². The Labute approximate surface area is 172 Å². The quantitative estimate of drug-likeness (QED) is 0.639. The van der Waals surface area contributed by atoms with Gasteiger partial charge in [0.15, 0.2) is 11.5 Å². The Morgan fingerprint density at radius 1 is 1.21 bits per heavy atom. The Kier molecular flexibility index (Phi) is 5.15. The summed E-state index contributed by atoms with van der Waals surface area (Å²) < 4.78 is 12.0. The first kappa shape index (κ1) is 19.3. The van der Waals surface area contributed by atoms with Crippen molar-refractivity contribution in [3.8, 4) is 17.1 Å². The summed E-state index contributed by atoms with van der Waals surface area (Å²) in [4.78, 5) is 25.3. The van der Waals surface area contributed by atoms with Gasteiger partial charge < -0.3 is 14.5 Å². The molecule has 2 heterocycles. The number of carbonyl (C=O) groups excluding carboxylic acids is 2. The van der Waals surface area contributed by atoms with Crippen LogP contribution in [0.25, 0.3) is 17.1 Å². The zero-order chi connectivity index (χ0) is 20.4. The molecule has 0 spiro atoms. The second kappa shape index (κ2) is 7.75. The molecule has 0 atom stereocenters. The molecular formula is C21H20ClN3O4. The van der Waals surface area contributed by atoms with Gasteiger partial charge in [0.25, 0.3) is 5.91 Å². The molecule has 1 N–H and O–H groups in total. The number of nitrogens with zero attached hydrogens (tertiary/aromatic N) is 2. The largest absolute Gasteiger partial charge is 0.467 e. The maximum atomic E-state index is 13.0. The minimum atomic E-state index is -1.00. The van der Waals surface area contributed by atoms with Gasteiger partial charge in [-0.1, -0.05) is 30.5 Å². The SMILES string of the molecule is COC(=O)C1(NC(=O)c2cc(-c3ccco3)n(-c3cccc(Cl)c3)n2)CCCC1. The highest BCUT2D eigenvalue weighted by atomic mass is 35.5. The molecule has 1 saturated carbocycles. The summed E-state index contributed by atoms with van der Waals surface area (Å²) >= 11 is 6.13. The fourth-order valence-corrected chi connectivity index (χ4v) is 3.92. The first-order valence-corrected chi connectivity index (χ1v) is 9.71. The van der Waals surface area contributed by atoms with E-state index in [2.05, 4.69) is 10.4 Å². The smallest absolute Gasteiger partial charge is 0.331 e. The van der Waals surface area contributed by atoms with Crippen LogP contribution in [0.1, 0.15) is 36.2 Å². The minimum absolute atomic E-state index is 0.173. The van der Waals surface area contributed by atoms with Crippen molar-refractivity contribution in [2.75, 3.05) is 7.11 Å². The fourth-order valence-electron chi connectivity index (χ4n) is 3.73. The van der Waals surface area contributed by atoms with Crippen molar-refractivity contribution in [1.29, 1.82) is 0 Å². The predicted octanol–water partition coefficient (Wildman–Crippen LogP) is 4.00. The summed E-state index contributed by atoms with van der Waals surface area (Å²) in [6.07, 6.45) is 4.35. The third-order valence-corrected chi connectivity index (χ3v) is 5.39. The van der Waals surface area contributed by atoms with Gasteiger partial charge in [0, 0.05) is 11.1 Å². The Balaban J connectivity index is 1.72. The number of aromatic nitrogens is 2. The highest BCUT2D eigenvalue weighted by molar-refractivity contribution is 6.30. The monoisotopic (exact) mass is 413 g/mol. The number of benzene rings is 1. The van der Waals surface area contributed by atoms with Crippen LogP contribution in [-0.2, 0) is 9.53 Å². The van der Waals surface area contributed by atoms with Crippen LogP contribution in [-0.4, -0.2) is 34.3 Å². The van der Waals surface area contributed by atoms with Crippen LogP contribution in [0, 0.1) is 0 Å². The molecule has 0 unspecified atom stereocenters. The van der Waals surface area contributed by atoms with Gasteiger partial charge in [0.05, 0.1) is 19.1 Å². The molecule has 0 aliphatic heterocycles. The van der Waals surface area contributed by atoms with Crippen LogP contribution in [0.4, 0.5) is 0 Å². The summed E-state index contributed by atoms with van der Waals surface area (Å²) in [6, 6.07) is 12.3. The molecule has 1 fully saturated rings. The van der Waals surface area contributed by atoms with E-state index in [0.29, 0.717) is 35.0 Å². The van der Waals surface area contributed by atoms with Crippen molar-refractivity contribution < 1.29 is 18.7 Å². The maximum absolute atomic E-state index is 13.0. The Hall–Kier alpha value is -3.06. The number of nitrogens with one attached hydrogen (secondary N) is 1. The lowest BCUT2D eigenvalue weighted by Gasteiger charge is -2.26. The number of rotatable bonds is 5. The number of methoxy groups -OCH3 is 1.